The normalized spacial score (nSPS) is 18.7. The molecule has 2 rings (SSSR count). The number of nitrogens with two attached hydrogens (primary N) is 1. The zero-order valence-corrected chi connectivity index (χ0v) is 11.1. The summed E-state index contributed by atoms with van der Waals surface area (Å²) in [6, 6.07) is 7.61. The fourth-order valence-corrected chi connectivity index (χ4v) is 2.20. The van der Waals surface area contributed by atoms with Gasteiger partial charge in [0.1, 0.15) is 0 Å². The van der Waals surface area contributed by atoms with Gasteiger partial charge in [-0.3, -0.25) is 9.59 Å². The first-order valence-electron chi connectivity index (χ1n) is 6.45. The van der Waals surface area contributed by atoms with Gasteiger partial charge in [-0.25, -0.2) is 0 Å². The van der Waals surface area contributed by atoms with Crippen molar-refractivity contribution in [3.8, 4) is 0 Å². The molecule has 1 atom stereocenters. The number of carbonyl (C=O) groups excluding carboxylic acids is 2. The van der Waals surface area contributed by atoms with E-state index in [-0.39, 0.29) is 24.2 Å². The number of anilines is 1. The Morgan fingerprint density at radius 1 is 1.42 bits per heavy atom. The topological polar surface area (TPSA) is 75.4 Å². The minimum absolute atomic E-state index is 0.00880. The molecule has 19 heavy (non-hydrogen) atoms. The summed E-state index contributed by atoms with van der Waals surface area (Å²) in [4.78, 5) is 25.4. The van der Waals surface area contributed by atoms with E-state index in [9.17, 15) is 9.59 Å². The number of aryl methyl sites for hydroxylation is 1. The van der Waals surface area contributed by atoms with Crippen molar-refractivity contribution in [1.82, 2.24) is 4.90 Å². The van der Waals surface area contributed by atoms with Crippen LogP contribution < -0.4 is 11.1 Å². The monoisotopic (exact) mass is 261 g/mol. The standard InChI is InChI=1S/C14H19N3O2/c1-10-2-4-12(5-3-10)16-14(19)11-8-13(18)17(9-11)7-6-15/h2-5,11H,6-9,15H2,1H3,(H,16,19). The van der Waals surface area contributed by atoms with E-state index in [1.807, 2.05) is 31.2 Å². The second kappa shape index (κ2) is 5.84. The van der Waals surface area contributed by atoms with Crippen molar-refractivity contribution < 1.29 is 9.59 Å². The highest BCUT2D eigenvalue weighted by Gasteiger charge is 2.33. The predicted octanol–water partition coefficient (Wildman–Crippen LogP) is 0.741. The minimum atomic E-state index is -0.277. The molecule has 1 aromatic rings. The van der Waals surface area contributed by atoms with E-state index in [2.05, 4.69) is 5.32 Å². The summed E-state index contributed by atoms with van der Waals surface area (Å²) in [5.41, 5.74) is 7.34. The van der Waals surface area contributed by atoms with Crippen LogP contribution in [-0.2, 0) is 9.59 Å². The third-order valence-corrected chi connectivity index (χ3v) is 3.30. The largest absolute Gasteiger partial charge is 0.341 e. The predicted molar refractivity (Wildman–Crippen MR) is 73.6 cm³/mol. The van der Waals surface area contributed by atoms with Gasteiger partial charge in [-0.1, -0.05) is 17.7 Å². The molecule has 0 aromatic heterocycles. The van der Waals surface area contributed by atoms with Crippen molar-refractivity contribution in [1.29, 1.82) is 0 Å². The fourth-order valence-electron chi connectivity index (χ4n) is 2.20. The van der Waals surface area contributed by atoms with Crippen LogP contribution in [0, 0.1) is 12.8 Å². The lowest BCUT2D eigenvalue weighted by molar-refractivity contribution is -0.128. The molecule has 0 aliphatic carbocycles. The smallest absolute Gasteiger partial charge is 0.229 e. The molecule has 1 aromatic carbocycles. The second-order valence-electron chi connectivity index (χ2n) is 4.88. The first-order chi connectivity index (χ1) is 9.10. The van der Waals surface area contributed by atoms with E-state index in [0.717, 1.165) is 11.3 Å². The number of hydrogen-bond acceptors (Lipinski definition) is 3. The Morgan fingerprint density at radius 2 is 2.11 bits per heavy atom. The van der Waals surface area contributed by atoms with Gasteiger partial charge in [0.05, 0.1) is 5.92 Å². The van der Waals surface area contributed by atoms with Crippen LogP contribution >= 0.6 is 0 Å². The third-order valence-electron chi connectivity index (χ3n) is 3.30. The lowest BCUT2D eigenvalue weighted by atomic mass is 10.1. The first-order valence-corrected chi connectivity index (χ1v) is 6.45. The summed E-state index contributed by atoms with van der Waals surface area (Å²) in [5, 5.41) is 2.85. The molecule has 0 spiro atoms. The highest BCUT2D eigenvalue weighted by molar-refractivity contribution is 5.97. The van der Waals surface area contributed by atoms with Gasteiger partial charge in [-0.15, -0.1) is 0 Å². The maximum atomic E-state index is 12.1. The molecule has 1 fully saturated rings. The van der Waals surface area contributed by atoms with Gasteiger partial charge < -0.3 is 16.0 Å². The van der Waals surface area contributed by atoms with E-state index in [1.165, 1.54) is 0 Å². The van der Waals surface area contributed by atoms with Crippen LogP contribution in [0.2, 0.25) is 0 Å². The molecule has 102 valence electrons. The molecule has 1 saturated heterocycles. The summed E-state index contributed by atoms with van der Waals surface area (Å²) in [7, 11) is 0. The number of nitrogens with one attached hydrogen (secondary N) is 1. The Balaban J connectivity index is 1.94. The SMILES string of the molecule is Cc1ccc(NC(=O)C2CC(=O)N(CCN)C2)cc1. The van der Waals surface area contributed by atoms with Crippen LogP contribution in [0.3, 0.4) is 0 Å². The first kappa shape index (κ1) is 13.5. The average molecular weight is 261 g/mol. The molecule has 0 bridgehead atoms. The van der Waals surface area contributed by atoms with E-state index in [1.54, 1.807) is 4.90 Å². The average Bonchev–Trinajstić information content (AvgIpc) is 2.75. The van der Waals surface area contributed by atoms with Crippen molar-refractivity contribution in [2.75, 3.05) is 25.0 Å². The van der Waals surface area contributed by atoms with Gasteiger partial charge in [-0.05, 0) is 19.1 Å². The molecule has 1 heterocycles. The van der Waals surface area contributed by atoms with Crippen molar-refractivity contribution in [2.24, 2.45) is 11.7 Å². The Labute approximate surface area is 112 Å². The van der Waals surface area contributed by atoms with Gasteiger partial charge >= 0.3 is 0 Å². The summed E-state index contributed by atoms with van der Waals surface area (Å²) in [5.74, 6) is -0.369. The number of benzene rings is 1. The van der Waals surface area contributed by atoms with E-state index >= 15 is 0 Å². The van der Waals surface area contributed by atoms with Gasteiger partial charge in [-0.2, -0.15) is 0 Å². The number of carbonyl (C=O) groups is 2. The van der Waals surface area contributed by atoms with Gasteiger partial charge in [0.15, 0.2) is 0 Å². The Hall–Kier alpha value is -1.88. The van der Waals surface area contributed by atoms with E-state index in [0.29, 0.717) is 19.6 Å². The molecule has 0 radical (unpaired) electrons. The molecule has 1 unspecified atom stereocenters. The molecular formula is C14H19N3O2. The fraction of sp³-hybridized carbons (Fsp3) is 0.429. The maximum absolute atomic E-state index is 12.1. The molecule has 5 nitrogen and oxygen atoms in total. The number of hydrogen-bond donors (Lipinski definition) is 2. The van der Waals surface area contributed by atoms with Crippen LogP contribution in [0.4, 0.5) is 5.69 Å². The summed E-state index contributed by atoms with van der Waals surface area (Å²) in [6.45, 7) is 3.41. The van der Waals surface area contributed by atoms with Crippen LogP contribution in [0.5, 0.6) is 0 Å². The quantitative estimate of drug-likeness (QED) is 0.839. The van der Waals surface area contributed by atoms with E-state index in [4.69, 9.17) is 5.73 Å². The summed E-state index contributed by atoms with van der Waals surface area (Å²) < 4.78 is 0. The van der Waals surface area contributed by atoms with Crippen molar-refractivity contribution in [3.05, 3.63) is 29.8 Å². The minimum Gasteiger partial charge on any atom is -0.341 e. The van der Waals surface area contributed by atoms with Gasteiger partial charge in [0.2, 0.25) is 11.8 Å². The number of likely N-dealkylation sites (tertiary alicyclic amines) is 1. The lowest BCUT2D eigenvalue weighted by Crippen LogP contribution is -2.32. The molecular weight excluding hydrogens is 242 g/mol. The van der Waals surface area contributed by atoms with Crippen LogP contribution in [0.15, 0.2) is 24.3 Å². The van der Waals surface area contributed by atoms with E-state index < -0.39 is 0 Å². The molecule has 5 heteroatoms. The molecule has 1 aliphatic heterocycles. The maximum Gasteiger partial charge on any atom is 0.229 e. The van der Waals surface area contributed by atoms with Crippen LogP contribution in [0.25, 0.3) is 0 Å². The molecule has 2 amide bonds. The second-order valence-corrected chi connectivity index (χ2v) is 4.88. The Morgan fingerprint density at radius 3 is 2.74 bits per heavy atom. The zero-order chi connectivity index (χ0) is 13.8. The van der Waals surface area contributed by atoms with Crippen LogP contribution in [-0.4, -0.2) is 36.3 Å². The Bertz CT molecular complexity index is 470. The highest BCUT2D eigenvalue weighted by atomic mass is 16.2. The zero-order valence-electron chi connectivity index (χ0n) is 11.1. The molecule has 3 N–H and O–H groups in total. The van der Waals surface area contributed by atoms with Gasteiger partial charge in [0, 0.05) is 31.7 Å². The summed E-state index contributed by atoms with van der Waals surface area (Å²) in [6.07, 6.45) is 0.275. The number of nitrogens with zero attached hydrogens (tertiary/aromatic N) is 1. The lowest BCUT2D eigenvalue weighted by Gasteiger charge is -2.15. The Kier molecular flexibility index (Phi) is 4.16. The third kappa shape index (κ3) is 3.32. The number of amides is 2. The van der Waals surface area contributed by atoms with Crippen molar-refractivity contribution in [2.45, 2.75) is 13.3 Å². The van der Waals surface area contributed by atoms with Crippen LogP contribution in [0.1, 0.15) is 12.0 Å². The van der Waals surface area contributed by atoms with Gasteiger partial charge in [0.25, 0.3) is 0 Å². The summed E-state index contributed by atoms with van der Waals surface area (Å²) >= 11 is 0. The van der Waals surface area contributed by atoms with Crippen molar-refractivity contribution >= 4 is 17.5 Å². The molecule has 0 saturated carbocycles. The van der Waals surface area contributed by atoms with Crippen molar-refractivity contribution in [3.63, 3.8) is 0 Å². The number of rotatable bonds is 4. The molecule has 1 aliphatic rings. The highest BCUT2D eigenvalue weighted by Crippen LogP contribution is 2.19.